The molecule has 1 aliphatic rings. The first-order valence-corrected chi connectivity index (χ1v) is 7.85. The Morgan fingerprint density at radius 3 is 2.77 bits per heavy atom. The first-order chi connectivity index (χ1) is 10.5. The predicted molar refractivity (Wildman–Crippen MR) is 86.6 cm³/mol. The molecule has 0 aromatic heterocycles. The number of hydrogen-bond acceptors (Lipinski definition) is 2. The average Bonchev–Trinajstić information content (AvgIpc) is 2.46. The Morgan fingerprint density at radius 1 is 1.23 bits per heavy atom. The fraction of sp³-hybridized carbons (Fsp3) is 0.333. The lowest BCUT2D eigenvalue weighted by molar-refractivity contribution is 0.129. The summed E-state index contributed by atoms with van der Waals surface area (Å²) in [5.41, 5.74) is 3.15. The third-order valence-corrected chi connectivity index (χ3v) is 4.89. The summed E-state index contributed by atoms with van der Waals surface area (Å²) in [6, 6.07) is 10.5. The maximum absolute atomic E-state index is 13.4. The molecule has 22 heavy (non-hydrogen) atoms. The van der Waals surface area contributed by atoms with E-state index in [4.69, 9.17) is 11.6 Å². The lowest BCUT2D eigenvalue weighted by Crippen LogP contribution is -2.40. The maximum atomic E-state index is 13.4. The van der Waals surface area contributed by atoms with E-state index in [0.29, 0.717) is 11.6 Å². The summed E-state index contributed by atoms with van der Waals surface area (Å²) in [5.74, 6) is 0.0433. The van der Waals surface area contributed by atoms with Crippen molar-refractivity contribution in [2.24, 2.45) is 0 Å². The molecule has 116 valence electrons. The van der Waals surface area contributed by atoms with Crippen molar-refractivity contribution in [3.05, 3.63) is 63.9 Å². The SMILES string of the molecule is CC1Cc2cc(F)ccc2C(C)N1Cc1cc(O)ccc1Cl. The quantitative estimate of drug-likeness (QED) is 0.867. The van der Waals surface area contributed by atoms with Crippen molar-refractivity contribution in [1.82, 2.24) is 4.90 Å². The van der Waals surface area contributed by atoms with Gasteiger partial charge < -0.3 is 5.11 Å². The van der Waals surface area contributed by atoms with Crippen LogP contribution in [0, 0.1) is 5.82 Å². The van der Waals surface area contributed by atoms with Crippen LogP contribution in [0.2, 0.25) is 5.02 Å². The second-order valence-corrected chi connectivity index (χ2v) is 6.43. The van der Waals surface area contributed by atoms with E-state index in [0.717, 1.165) is 23.1 Å². The molecule has 3 rings (SSSR count). The van der Waals surface area contributed by atoms with E-state index in [9.17, 15) is 9.50 Å². The zero-order valence-electron chi connectivity index (χ0n) is 12.7. The number of benzene rings is 2. The van der Waals surface area contributed by atoms with Crippen molar-refractivity contribution in [2.45, 2.75) is 38.9 Å². The van der Waals surface area contributed by atoms with Crippen molar-refractivity contribution >= 4 is 11.6 Å². The molecule has 1 N–H and O–H groups in total. The van der Waals surface area contributed by atoms with Gasteiger partial charge in [0.25, 0.3) is 0 Å². The van der Waals surface area contributed by atoms with Crippen LogP contribution in [0.4, 0.5) is 4.39 Å². The first kappa shape index (κ1) is 15.3. The van der Waals surface area contributed by atoms with E-state index in [1.54, 1.807) is 24.3 Å². The molecule has 1 aliphatic heterocycles. The van der Waals surface area contributed by atoms with E-state index in [1.807, 2.05) is 6.07 Å². The number of halogens is 2. The van der Waals surface area contributed by atoms with Gasteiger partial charge in [0, 0.05) is 23.7 Å². The van der Waals surface area contributed by atoms with Crippen molar-refractivity contribution in [2.75, 3.05) is 0 Å². The van der Waals surface area contributed by atoms with Crippen LogP contribution in [0.5, 0.6) is 5.75 Å². The van der Waals surface area contributed by atoms with Crippen LogP contribution >= 0.6 is 11.6 Å². The van der Waals surface area contributed by atoms with Crippen LogP contribution in [0.1, 0.15) is 36.6 Å². The molecule has 2 atom stereocenters. The molecule has 2 aromatic carbocycles. The summed E-state index contributed by atoms with van der Waals surface area (Å²) >= 11 is 6.24. The van der Waals surface area contributed by atoms with Gasteiger partial charge in [0.05, 0.1) is 0 Å². The summed E-state index contributed by atoms with van der Waals surface area (Å²) in [6.45, 7) is 4.93. The molecule has 0 saturated carbocycles. The number of aromatic hydroxyl groups is 1. The van der Waals surface area contributed by atoms with Gasteiger partial charge >= 0.3 is 0 Å². The molecule has 0 bridgehead atoms. The third-order valence-electron chi connectivity index (χ3n) is 4.52. The standard InChI is InChI=1S/C18H19ClFNO/c1-11-7-13-8-15(20)3-5-17(13)12(2)21(11)10-14-9-16(22)4-6-18(14)19/h3-6,8-9,11-12,22H,7,10H2,1-2H3. The van der Waals surface area contributed by atoms with Crippen molar-refractivity contribution < 1.29 is 9.50 Å². The van der Waals surface area contributed by atoms with E-state index >= 15 is 0 Å². The zero-order chi connectivity index (χ0) is 15.9. The monoisotopic (exact) mass is 319 g/mol. The van der Waals surface area contributed by atoms with Gasteiger partial charge in [0.15, 0.2) is 0 Å². The predicted octanol–water partition coefficient (Wildman–Crippen LogP) is 4.69. The Labute approximate surface area is 135 Å². The molecule has 0 aliphatic carbocycles. The third kappa shape index (κ3) is 2.83. The van der Waals surface area contributed by atoms with E-state index in [2.05, 4.69) is 18.7 Å². The minimum atomic E-state index is -0.178. The number of nitrogens with zero attached hydrogens (tertiary/aromatic N) is 1. The smallest absolute Gasteiger partial charge is 0.123 e. The van der Waals surface area contributed by atoms with E-state index in [-0.39, 0.29) is 23.7 Å². The molecule has 1 heterocycles. The van der Waals surface area contributed by atoms with Crippen LogP contribution < -0.4 is 0 Å². The van der Waals surface area contributed by atoms with Crippen LogP contribution in [0.25, 0.3) is 0 Å². The Bertz CT molecular complexity index is 703. The Morgan fingerprint density at radius 2 is 2.00 bits per heavy atom. The molecule has 2 aromatic rings. The second-order valence-electron chi connectivity index (χ2n) is 6.02. The summed E-state index contributed by atoms with van der Waals surface area (Å²) in [6.07, 6.45) is 0.813. The van der Waals surface area contributed by atoms with Crippen LogP contribution in [0.15, 0.2) is 36.4 Å². The highest BCUT2D eigenvalue weighted by Gasteiger charge is 2.29. The Hall–Kier alpha value is -1.58. The molecule has 0 fully saturated rings. The number of phenolic OH excluding ortho intramolecular Hbond substituents is 1. The fourth-order valence-corrected chi connectivity index (χ4v) is 3.50. The number of hydrogen-bond donors (Lipinski definition) is 1. The van der Waals surface area contributed by atoms with Gasteiger partial charge in [-0.15, -0.1) is 0 Å². The molecule has 2 unspecified atom stereocenters. The molecule has 4 heteroatoms. The van der Waals surface area contributed by atoms with Gasteiger partial charge in [0.1, 0.15) is 11.6 Å². The average molecular weight is 320 g/mol. The highest BCUT2D eigenvalue weighted by Crippen LogP contribution is 2.35. The molecule has 2 nitrogen and oxygen atoms in total. The first-order valence-electron chi connectivity index (χ1n) is 7.47. The highest BCUT2D eigenvalue weighted by atomic mass is 35.5. The van der Waals surface area contributed by atoms with Crippen LogP contribution in [0.3, 0.4) is 0 Å². The maximum Gasteiger partial charge on any atom is 0.123 e. The topological polar surface area (TPSA) is 23.5 Å². The number of fused-ring (bicyclic) bond motifs is 1. The van der Waals surface area contributed by atoms with Gasteiger partial charge in [-0.2, -0.15) is 0 Å². The largest absolute Gasteiger partial charge is 0.508 e. The van der Waals surface area contributed by atoms with Gasteiger partial charge in [0.2, 0.25) is 0 Å². The van der Waals surface area contributed by atoms with Crippen LogP contribution in [-0.2, 0) is 13.0 Å². The van der Waals surface area contributed by atoms with E-state index < -0.39 is 0 Å². The van der Waals surface area contributed by atoms with Gasteiger partial charge in [-0.25, -0.2) is 4.39 Å². The lowest BCUT2D eigenvalue weighted by atomic mass is 9.89. The number of phenols is 1. The van der Waals surface area contributed by atoms with Crippen LogP contribution in [-0.4, -0.2) is 16.0 Å². The minimum Gasteiger partial charge on any atom is -0.508 e. The van der Waals surface area contributed by atoms with Gasteiger partial charge in [-0.3, -0.25) is 4.90 Å². The summed E-state index contributed by atoms with van der Waals surface area (Å²) < 4.78 is 13.4. The number of rotatable bonds is 2. The van der Waals surface area contributed by atoms with Crippen molar-refractivity contribution in [3.8, 4) is 5.75 Å². The lowest BCUT2D eigenvalue weighted by Gasteiger charge is -2.40. The van der Waals surface area contributed by atoms with Crippen molar-refractivity contribution in [1.29, 1.82) is 0 Å². The molecule has 0 spiro atoms. The highest BCUT2D eigenvalue weighted by molar-refractivity contribution is 6.31. The Kier molecular flexibility index (Phi) is 4.11. The second kappa shape index (κ2) is 5.90. The summed E-state index contributed by atoms with van der Waals surface area (Å²) in [4.78, 5) is 2.33. The molecular formula is C18H19ClFNO. The molecule has 0 amide bonds. The van der Waals surface area contributed by atoms with Gasteiger partial charge in [-0.05, 0) is 67.3 Å². The normalized spacial score (nSPS) is 21.6. The molecule has 0 saturated heterocycles. The van der Waals surface area contributed by atoms with Crippen molar-refractivity contribution in [3.63, 3.8) is 0 Å². The summed E-state index contributed by atoms with van der Waals surface area (Å²) in [5, 5.41) is 10.3. The zero-order valence-corrected chi connectivity index (χ0v) is 13.4. The molecule has 0 radical (unpaired) electrons. The Balaban J connectivity index is 1.91. The fourth-order valence-electron chi connectivity index (χ4n) is 3.33. The summed E-state index contributed by atoms with van der Waals surface area (Å²) in [7, 11) is 0. The minimum absolute atomic E-state index is 0.178. The van der Waals surface area contributed by atoms with E-state index in [1.165, 1.54) is 6.07 Å². The van der Waals surface area contributed by atoms with Gasteiger partial charge in [-0.1, -0.05) is 17.7 Å². The molecular weight excluding hydrogens is 301 g/mol.